The van der Waals surface area contributed by atoms with E-state index in [1.807, 2.05) is 0 Å². The summed E-state index contributed by atoms with van der Waals surface area (Å²) in [7, 11) is 0. The molecule has 1 aromatic rings. The first-order valence-corrected chi connectivity index (χ1v) is 7.54. The van der Waals surface area contributed by atoms with Crippen LogP contribution in [0.3, 0.4) is 0 Å². The highest BCUT2D eigenvalue weighted by Gasteiger charge is 2.23. The topological polar surface area (TPSA) is 67.4 Å². The fraction of sp³-hybridized carbons (Fsp3) is 0.500. The lowest BCUT2D eigenvalue weighted by Gasteiger charge is -2.29. The van der Waals surface area contributed by atoms with E-state index >= 15 is 0 Å². The fourth-order valence-electron chi connectivity index (χ4n) is 2.60. The van der Waals surface area contributed by atoms with Crippen LogP contribution in [0.25, 0.3) is 0 Å². The molecule has 1 aromatic carbocycles. The van der Waals surface area contributed by atoms with Crippen molar-refractivity contribution in [1.29, 1.82) is 0 Å². The number of hydrogen-bond acceptors (Lipinski definition) is 3. The summed E-state index contributed by atoms with van der Waals surface area (Å²) in [6, 6.07) is 5.36. The van der Waals surface area contributed by atoms with Crippen LogP contribution in [0.1, 0.15) is 32.6 Å². The molecule has 1 fully saturated rings. The molecule has 6 heteroatoms. The number of ether oxygens (including phenoxy) is 1. The zero-order valence-corrected chi connectivity index (χ0v) is 12.6. The number of hydrogen-bond donors (Lipinski definition) is 2. The first kappa shape index (κ1) is 16.3. The van der Waals surface area contributed by atoms with Gasteiger partial charge in [-0.2, -0.15) is 0 Å². The minimum Gasteiger partial charge on any atom is -0.481 e. The molecule has 0 spiro atoms. The molecular formula is C16H21FN2O3. The third-order valence-corrected chi connectivity index (χ3v) is 3.88. The molecule has 2 rings (SSSR count). The van der Waals surface area contributed by atoms with E-state index < -0.39 is 24.4 Å². The van der Waals surface area contributed by atoms with Crippen LogP contribution < -0.4 is 15.4 Å². The average molecular weight is 308 g/mol. The number of benzene rings is 1. The normalized spacial score (nSPS) is 21.0. The van der Waals surface area contributed by atoms with Gasteiger partial charge in [0.05, 0.1) is 0 Å². The largest absolute Gasteiger partial charge is 0.481 e. The Bertz CT molecular complexity index is 536. The van der Waals surface area contributed by atoms with Gasteiger partial charge < -0.3 is 10.1 Å². The number of rotatable bonds is 4. The molecule has 0 heterocycles. The summed E-state index contributed by atoms with van der Waals surface area (Å²) in [6.45, 7) is 1.68. The monoisotopic (exact) mass is 308 g/mol. The quantitative estimate of drug-likeness (QED) is 0.898. The van der Waals surface area contributed by atoms with Crippen molar-refractivity contribution in [3.8, 4) is 5.75 Å². The summed E-state index contributed by atoms with van der Waals surface area (Å²) >= 11 is 0. The van der Waals surface area contributed by atoms with Gasteiger partial charge in [0.15, 0.2) is 18.2 Å². The highest BCUT2D eigenvalue weighted by atomic mass is 19.1. The molecule has 1 aliphatic carbocycles. The lowest BCUT2D eigenvalue weighted by Crippen LogP contribution is -2.48. The van der Waals surface area contributed by atoms with Gasteiger partial charge in [0, 0.05) is 6.04 Å². The second-order valence-electron chi connectivity index (χ2n) is 5.61. The zero-order chi connectivity index (χ0) is 15.9. The van der Waals surface area contributed by atoms with E-state index in [9.17, 15) is 14.0 Å². The minimum absolute atomic E-state index is 0.0149. The summed E-state index contributed by atoms with van der Waals surface area (Å²) in [5.74, 6) is -0.761. The van der Waals surface area contributed by atoms with Crippen molar-refractivity contribution < 1.29 is 18.7 Å². The van der Waals surface area contributed by atoms with E-state index in [2.05, 4.69) is 17.6 Å². The second kappa shape index (κ2) is 7.77. The van der Waals surface area contributed by atoms with Gasteiger partial charge in [-0.15, -0.1) is 0 Å². The number of urea groups is 1. The number of carbonyl (C=O) groups excluding carboxylic acids is 2. The van der Waals surface area contributed by atoms with Crippen LogP contribution in [-0.2, 0) is 4.79 Å². The van der Waals surface area contributed by atoms with Gasteiger partial charge in [0.2, 0.25) is 0 Å². The molecule has 0 unspecified atom stereocenters. The van der Waals surface area contributed by atoms with Crippen molar-refractivity contribution >= 4 is 11.9 Å². The number of carbonyl (C=O) groups is 2. The maximum atomic E-state index is 13.3. The zero-order valence-electron chi connectivity index (χ0n) is 12.6. The van der Waals surface area contributed by atoms with Gasteiger partial charge in [0.1, 0.15) is 0 Å². The lowest BCUT2D eigenvalue weighted by atomic mass is 9.86. The van der Waals surface area contributed by atoms with Crippen molar-refractivity contribution in [3.63, 3.8) is 0 Å². The van der Waals surface area contributed by atoms with Gasteiger partial charge in [-0.1, -0.05) is 31.9 Å². The molecule has 0 aromatic heterocycles. The summed E-state index contributed by atoms with van der Waals surface area (Å²) in [5.41, 5.74) is 0. The van der Waals surface area contributed by atoms with E-state index in [0.29, 0.717) is 5.92 Å². The average Bonchev–Trinajstić information content (AvgIpc) is 2.49. The Morgan fingerprint density at radius 2 is 2.00 bits per heavy atom. The molecule has 0 bridgehead atoms. The predicted molar refractivity (Wildman–Crippen MR) is 80.0 cm³/mol. The summed E-state index contributed by atoms with van der Waals surface area (Å²) in [5, 5.41) is 5.01. The van der Waals surface area contributed by atoms with E-state index in [1.54, 1.807) is 6.07 Å². The van der Waals surface area contributed by atoms with Gasteiger partial charge in [-0.25, -0.2) is 9.18 Å². The molecule has 0 saturated heterocycles. The second-order valence-corrected chi connectivity index (χ2v) is 5.61. The molecule has 0 radical (unpaired) electrons. The van der Waals surface area contributed by atoms with Crippen molar-refractivity contribution in [3.05, 3.63) is 30.1 Å². The SMILES string of the molecule is C[C@@H]1CCCC[C@@H]1NC(=O)NC(=O)COc1ccccc1F. The van der Waals surface area contributed by atoms with Gasteiger partial charge >= 0.3 is 6.03 Å². The molecule has 2 N–H and O–H groups in total. The van der Waals surface area contributed by atoms with Gasteiger partial charge in [-0.05, 0) is 30.9 Å². The van der Waals surface area contributed by atoms with Crippen LogP contribution >= 0.6 is 0 Å². The molecule has 3 amide bonds. The molecule has 0 aliphatic heterocycles. The molecule has 2 atom stereocenters. The van der Waals surface area contributed by atoms with Crippen molar-refractivity contribution in [2.45, 2.75) is 38.6 Å². The number of imide groups is 1. The Hall–Kier alpha value is -2.11. The van der Waals surface area contributed by atoms with Crippen molar-refractivity contribution in [2.75, 3.05) is 6.61 Å². The number of halogens is 1. The van der Waals surface area contributed by atoms with Crippen molar-refractivity contribution in [1.82, 2.24) is 10.6 Å². The first-order chi connectivity index (χ1) is 10.6. The Labute approximate surface area is 129 Å². The molecule has 120 valence electrons. The predicted octanol–water partition coefficient (Wildman–Crippen LogP) is 2.61. The first-order valence-electron chi connectivity index (χ1n) is 7.54. The van der Waals surface area contributed by atoms with Crippen LogP contribution in [-0.4, -0.2) is 24.6 Å². The Morgan fingerprint density at radius 1 is 1.27 bits per heavy atom. The van der Waals surface area contributed by atoms with Gasteiger partial charge in [0.25, 0.3) is 5.91 Å². The minimum atomic E-state index is -0.607. The molecular weight excluding hydrogens is 287 g/mol. The van der Waals surface area contributed by atoms with Crippen LogP contribution in [0.5, 0.6) is 5.75 Å². The third-order valence-electron chi connectivity index (χ3n) is 3.88. The standard InChI is InChI=1S/C16H21FN2O3/c1-11-6-2-4-8-13(11)18-16(21)19-15(20)10-22-14-9-5-3-7-12(14)17/h3,5,7,9,11,13H,2,4,6,8,10H2,1H3,(H2,18,19,20,21)/t11-,13+/m1/s1. The van der Waals surface area contributed by atoms with E-state index in [-0.39, 0.29) is 11.8 Å². The van der Waals surface area contributed by atoms with Crippen molar-refractivity contribution in [2.24, 2.45) is 5.92 Å². The third kappa shape index (κ3) is 4.72. The maximum Gasteiger partial charge on any atom is 0.321 e. The molecule has 5 nitrogen and oxygen atoms in total. The summed E-state index contributed by atoms with van der Waals surface area (Å²) in [6.07, 6.45) is 4.26. The van der Waals surface area contributed by atoms with Crippen LogP contribution in [0.4, 0.5) is 9.18 Å². The molecule has 1 aliphatic rings. The lowest BCUT2D eigenvalue weighted by molar-refractivity contribution is -0.122. The van der Waals surface area contributed by atoms with E-state index in [1.165, 1.54) is 24.6 Å². The smallest absolute Gasteiger partial charge is 0.321 e. The van der Waals surface area contributed by atoms with E-state index in [0.717, 1.165) is 19.3 Å². The summed E-state index contributed by atoms with van der Waals surface area (Å²) < 4.78 is 18.4. The van der Waals surface area contributed by atoms with Crippen LogP contribution in [0.2, 0.25) is 0 Å². The summed E-state index contributed by atoms with van der Waals surface area (Å²) in [4.78, 5) is 23.4. The molecule has 1 saturated carbocycles. The Morgan fingerprint density at radius 3 is 2.73 bits per heavy atom. The number of para-hydroxylation sites is 1. The Kier molecular flexibility index (Phi) is 5.75. The number of nitrogens with one attached hydrogen (secondary N) is 2. The number of amides is 3. The fourth-order valence-corrected chi connectivity index (χ4v) is 2.60. The molecule has 22 heavy (non-hydrogen) atoms. The highest BCUT2D eigenvalue weighted by molar-refractivity contribution is 5.95. The van der Waals surface area contributed by atoms with Crippen LogP contribution in [0, 0.1) is 11.7 Å². The van der Waals surface area contributed by atoms with Gasteiger partial charge in [-0.3, -0.25) is 10.1 Å². The van der Waals surface area contributed by atoms with Crippen LogP contribution in [0.15, 0.2) is 24.3 Å². The highest BCUT2D eigenvalue weighted by Crippen LogP contribution is 2.23. The maximum absolute atomic E-state index is 13.3. The Balaban J connectivity index is 1.74. The van der Waals surface area contributed by atoms with E-state index in [4.69, 9.17) is 4.74 Å².